The number of benzene rings is 5. The molecule has 10 aromatic rings. The number of hydrogen-bond acceptors (Lipinski definition) is 3. The van der Waals surface area contributed by atoms with Gasteiger partial charge in [0.2, 0.25) is 5.78 Å². The van der Waals surface area contributed by atoms with Gasteiger partial charge < -0.3 is 13.7 Å². The van der Waals surface area contributed by atoms with Gasteiger partial charge in [0.15, 0.2) is 5.65 Å². The van der Waals surface area contributed by atoms with Crippen LogP contribution in [0.2, 0.25) is 0 Å². The summed E-state index contributed by atoms with van der Waals surface area (Å²) in [7, 11) is 0. The molecule has 0 aliphatic heterocycles. The molecule has 0 atom stereocenters. The Hall–Kier alpha value is -5.52. The summed E-state index contributed by atoms with van der Waals surface area (Å²) in [6, 6.07) is 44.2. The number of ether oxygens (including phenoxy) is 1. The third-order valence-electron chi connectivity index (χ3n) is 9.21. The van der Waals surface area contributed by atoms with Crippen LogP contribution in [0.25, 0.3) is 66.7 Å². The van der Waals surface area contributed by atoms with Gasteiger partial charge in [0, 0.05) is 44.3 Å². The van der Waals surface area contributed by atoms with Crippen molar-refractivity contribution in [3.63, 3.8) is 0 Å². The van der Waals surface area contributed by atoms with Crippen LogP contribution in [0.3, 0.4) is 0 Å². The van der Waals surface area contributed by atoms with Crippen LogP contribution in [0.15, 0.2) is 115 Å². The molecule has 0 saturated carbocycles. The second-order valence-corrected chi connectivity index (χ2v) is 13.2. The van der Waals surface area contributed by atoms with Crippen molar-refractivity contribution in [2.45, 2.75) is 26.2 Å². The van der Waals surface area contributed by atoms with Crippen molar-refractivity contribution in [2.75, 3.05) is 0 Å². The fraction of sp³-hybridized carbons (Fsp3) is 0.0976. The van der Waals surface area contributed by atoms with Crippen LogP contribution >= 0.6 is 0 Å². The van der Waals surface area contributed by atoms with E-state index in [2.05, 4.69) is 113 Å². The summed E-state index contributed by atoms with van der Waals surface area (Å²) in [6.07, 6.45) is 5.42. The largest absolute Gasteiger partial charge is 0.510 e. The van der Waals surface area contributed by atoms with E-state index in [-0.39, 0.29) is 26.5 Å². The number of rotatable bonds is 4. The van der Waals surface area contributed by atoms with Crippen molar-refractivity contribution >= 4 is 55.3 Å². The summed E-state index contributed by atoms with van der Waals surface area (Å²) in [4.78, 5) is 10.1. The average Bonchev–Trinajstić information content (AvgIpc) is 3.84. The van der Waals surface area contributed by atoms with Crippen LogP contribution in [0.4, 0.5) is 0 Å². The number of hydrogen-bond donors (Lipinski definition) is 0. The Morgan fingerprint density at radius 1 is 0.735 bits per heavy atom. The van der Waals surface area contributed by atoms with Gasteiger partial charge in [-0.25, -0.2) is 9.97 Å². The van der Waals surface area contributed by atoms with Crippen molar-refractivity contribution in [3.8, 4) is 22.9 Å². The molecule has 7 nitrogen and oxygen atoms in total. The Bertz CT molecular complexity index is 2860. The molecule has 5 aromatic carbocycles. The van der Waals surface area contributed by atoms with Gasteiger partial charge in [0.1, 0.15) is 5.52 Å². The second kappa shape index (κ2) is 10.7. The molecule has 0 aliphatic carbocycles. The van der Waals surface area contributed by atoms with Crippen molar-refractivity contribution in [1.82, 2.24) is 23.3 Å². The Labute approximate surface area is 296 Å². The van der Waals surface area contributed by atoms with Crippen LogP contribution in [0.1, 0.15) is 26.3 Å². The third-order valence-corrected chi connectivity index (χ3v) is 9.21. The van der Waals surface area contributed by atoms with Gasteiger partial charge >= 0.3 is 0 Å². The number of nitrogens with zero attached hydrogens (tertiary/aromatic N) is 6. The molecule has 10 rings (SSSR count). The van der Waals surface area contributed by atoms with Gasteiger partial charge in [0.25, 0.3) is 6.33 Å². The fourth-order valence-electron chi connectivity index (χ4n) is 7.09. The zero-order chi connectivity index (χ0) is 32.1. The Morgan fingerprint density at radius 2 is 1.51 bits per heavy atom. The van der Waals surface area contributed by atoms with Gasteiger partial charge in [-0.2, -0.15) is 12.1 Å². The van der Waals surface area contributed by atoms with E-state index in [1.165, 1.54) is 0 Å². The third kappa shape index (κ3) is 4.35. The monoisotopic (exact) mass is 815 g/mol. The molecule has 0 fully saturated rings. The van der Waals surface area contributed by atoms with Crippen molar-refractivity contribution in [1.29, 1.82) is 0 Å². The quantitative estimate of drug-likeness (QED) is 0.132. The Morgan fingerprint density at radius 3 is 2.35 bits per heavy atom. The summed E-state index contributed by atoms with van der Waals surface area (Å²) in [5.74, 6) is 1.99. The molecule has 0 spiro atoms. The number of imidazole rings is 3. The molecule has 0 radical (unpaired) electrons. The molecule has 5 heterocycles. The van der Waals surface area contributed by atoms with E-state index in [4.69, 9.17) is 14.7 Å². The van der Waals surface area contributed by atoms with E-state index in [0.717, 1.165) is 72.2 Å². The standard InChI is InChI=1S/C41H28N6O.Pt/c1-41(2,3)32-20-21-42-39-37(32)43-40-46-33-17-8-7-16-30(33)31-23-29(24-36(38(31)46)47(39)40)48-28-15-11-14-27(22-28)45-25-44(26-12-5-4-6-13-26)34-18-9-10-19-35(34)45;/h4-21,23H,1-3H3;/q-2;. The predicted octanol–water partition coefficient (Wildman–Crippen LogP) is 8.59. The summed E-state index contributed by atoms with van der Waals surface area (Å²) in [5, 5.41) is 2.20. The van der Waals surface area contributed by atoms with E-state index in [9.17, 15) is 0 Å². The molecule has 5 aromatic heterocycles. The normalized spacial score (nSPS) is 12.2. The van der Waals surface area contributed by atoms with Crippen LogP contribution in [0.5, 0.6) is 11.5 Å². The minimum Gasteiger partial charge on any atom is -0.510 e. The number of fused-ring (bicyclic) bond motifs is 9. The first-order valence-electron chi connectivity index (χ1n) is 16.0. The second-order valence-electron chi connectivity index (χ2n) is 13.2. The molecule has 240 valence electrons. The molecule has 0 bridgehead atoms. The first-order chi connectivity index (χ1) is 23.4. The number of para-hydroxylation sites is 4. The first-order valence-corrected chi connectivity index (χ1v) is 16.0. The van der Waals surface area contributed by atoms with Crippen molar-refractivity contribution in [2.24, 2.45) is 0 Å². The molecule has 8 heteroatoms. The Balaban J connectivity index is 0.00000325. The molecule has 0 N–H and O–H groups in total. The minimum absolute atomic E-state index is 0. The van der Waals surface area contributed by atoms with Crippen LogP contribution in [0, 0.1) is 18.5 Å². The SMILES string of the molecule is CC(C)(C)c1ccnc2c1nc1n2c2[c-]c(Oc3[c-]c(-n4[c-][n+](-c5ccccc5)c5ccccc54)ccc3)cc3c4ccccc4n1c32.[Pt]. The van der Waals surface area contributed by atoms with Gasteiger partial charge in [0.05, 0.1) is 16.7 Å². The van der Waals surface area contributed by atoms with E-state index < -0.39 is 0 Å². The summed E-state index contributed by atoms with van der Waals surface area (Å²) in [6.45, 7) is 6.63. The molecule has 0 amide bonds. The maximum atomic E-state index is 6.61. The Kier molecular flexibility index (Phi) is 6.49. The van der Waals surface area contributed by atoms with Crippen LogP contribution in [-0.2, 0) is 26.5 Å². The zero-order valence-corrected chi connectivity index (χ0v) is 29.1. The van der Waals surface area contributed by atoms with Gasteiger partial charge in [-0.1, -0.05) is 86.8 Å². The van der Waals surface area contributed by atoms with E-state index in [1.54, 1.807) is 0 Å². The van der Waals surface area contributed by atoms with E-state index >= 15 is 0 Å². The van der Waals surface area contributed by atoms with Crippen molar-refractivity contribution < 1.29 is 30.4 Å². The first kappa shape index (κ1) is 29.6. The van der Waals surface area contributed by atoms with Gasteiger partial charge in [-0.15, -0.1) is 24.3 Å². The molecular weight excluding hydrogens is 788 g/mol. The predicted molar refractivity (Wildman–Crippen MR) is 188 cm³/mol. The summed E-state index contributed by atoms with van der Waals surface area (Å²) < 4.78 is 15.1. The van der Waals surface area contributed by atoms with E-state index in [0.29, 0.717) is 11.5 Å². The topological polar surface area (TPSA) is 52.6 Å². The number of pyridine rings is 1. The maximum Gasteiger partial charge on any atom is 0.268 e. The van der Waals surface area contributed by atoms with E-state index in [1.807, 2.05) is 59.3 Å². The minimum atomic E-state index is -0.0912. The van der Waals surface area contributed by atoms with Crippen LogP contribution in [-0.4, -0.2) is 23.3 Å². The van der Waals surface area contributed by atoms with Gasteiger partial charge in [-0.3, -0.25) is 8.97 Å². The summed E-state index contributed by atoms with van der Waals surface area (Å²) in [5.41, 5.74) is 9.72. The smallest absolute Gasteiger partial charge is 0.268 e. The molecule has 49 heavy (non-hydrogen) atoms. The average molecular weight is 816 g/mol. The fourth-order valence-corrected chi connectivity index (χ4v) is 7.09. The van der Waals surface area contributed by atoms with Gasteiger partial charge in [-0.05, 0) is 57.4 Å². The number of aromatic nitrogens is 6. The van der Waals surface area contributed by atoms with Crippen molar-refractivity contribution in [3.05, 3.63) is 139 Å². The molecule has 0 aliphatic rings. The molecule has 0 saturated heterocycles. The maximum absolute atomic E-state index is 6.61. The summed E-state index contributed by atoms with van der Waals surface area (Å²) >= 11 is 0. The zero-order valence-electron chi connectivity index (χ0n) is 26.9. The molecule has 0 unspecified atom stereocenters. The molecular formula is C41H28N6OPt-2. The van der Waals surface area contributed by atoms with Crippen LogP contribution < -0.4 is 9.30 Å².